The van der Waals surface area contributed by atoms with Crippen molar-refractivity contribution in [2.45, 2.75) is 39.0 Å². The van der Waals surface area contributed by atoms with E-state index in [1.807, 2.05) is 25.1 Å². The number of aromatic nitrogens is 1. The molecule has 1 saturated heterocycles. The van der Waals surface area contributed by atoms with Crippen molar-refractivity contribution in [3.05, 3.63) is 83.2 Å². The van der Waals surface area contributed by atoms with Crippen LogP contribution in [0.3, 0.4) is 0 Å². The highest BCUT2D eigenvalue weighted by molar-refractivity contribution is 5.28. The summed E-state index contributed by atoms with van der Waals surface area (Å²) in [6.07, 6.45) is 2.33. The summed E-state index contributed by atoms with van der Waals surface area (Å²) in [4.78, 5) is 2.47. The Morgan fingerprint density at radius 1 is 1.08 bits per heavy atom. The molecule has 0 spiro atoms. The molecular weight excluding hydrogens is 324 g/mol. The second-order valence-corrected chi connectivity index (χ2v) is 6.92. The van der Waals surface area contributed by atoms with Crippen LogP contribution in [0.5, 0.6) is 5.75 Å². The fraction of sp³-hybridized carbons (Fsp3) is 0.318. The molecule has 1 atom stereocenters. The second-order valence-electron chi connectivity index (χ2n) is 6.92. The van der Waals surface area contributed by atoms with Crippen LogP contribution in [-0.4, -0.2) is 16.6 Å². The van der Waals surface area contributed by atoms with E-state index in [0.29, 0.717) is 12.6 Å². The van der Waals surface area contributed by atoms with Crippen molar-refractivity contribution in [3.63, 3.8) is 0 Å². The van der Waals surface area contributed by atoms with E-state index in [9.17, 15) is 0 Å². The number of rotatable bonds is 6. The van der Waals surface area contributed by atoms with Crippen LogP contribution in [0.2, 0.25) is 0 Å². The monoisotopic (exact) mass is 348 g/mol. The molecule has 1 fully saturated rings. The highest BCUT2D eigenvalue weighted by Crippen LogP contribution is 2.33. The Morgan fingerprint density at radius 3 is 2.62 bits per heavy atom. The third-order valence-corrected chi connectivity index (χ3v) is 4.90. The smallest absolute Gasteiger partial charge is 0.154 e. The molecule has 3 aromatic rings. The van der Waals surface area contributed by atoms with Gasteiger partial charge in [-0.25, -0.2) is 0 Å². The molecule has 0 N–H and O–H groups in total. The molecule has 1 aromatic heterocycles. The van der Waals surface area contributed by atoms with Crippen LogP contribution in [0, 0.1) is 6.92 Å². The number of hydrogen-bond acceptors (Lipinski definition) is 4. The summed E-state index contributed by atoms with van der Waals surface area (Å²) in [7, 11) is 0. The average Bonchev–Trinajstić information content (AvgIpc) is 3.31. The van der Waals surface area contributed by atoms with Crippen LogP contribution < -0.4 is 4.74 Å². The van der Waals surface area contributed by atoms with Gasteiger partial charge in [-0.15, -0.1) is 0 Å². The molecule has 1 aliphatic heterocycles. The number of aryl methyl sites for hydroxylation is 1. The van der Waals surface area contributed by atoms with Crippen molar-refractivity contribution >= 4 is 0 Å². The zero-order chi connectivity index (χ0) is 17.8. The normalized spacial score (nSPS) is 17.5. The molecule has 0 aliphatic carbocycles. The lowest BCUT2D eigenvalue weighted by atomic mass is 10.1. The zero-order valence-electron chi connectivity index (χ0n) is 15.1. The molecule has 0 amide bonds. The fourth-order valence-corrected chi connectivity index (χ4v) is 3.54. The lowest BCUT2D eigenvalue weighted by Crippen LogP contribution is -2.22. The van der Waals surface area contributed by atoms with Crippen molar-refractivity contribution < 1.29 is 9.26 Å². The van der Waals surface area contributed by atoms with Gasteiger partial charge in [-0.1, -0.05) is 47.6 Å². The van der Waals surface area contributed by atoms with E-state index in [1.54, 1.807) is 0 Å². The Kier molecular flexibility index (Phi) is 5.02. The summed E-state index contributed by atoms with van der Waals surface area (Å²) in [6, 6.07) is 21.1. The predicted molar refractivity (Wildman–Crippen MR) is 101 cm³/mol. The van der Waals surface area contributed by atoms with Gasteiger partial charge in [0.05, 0.1) is 11.7 Å². The molecule has 26 heavy (non-hydrogen) atoms. The van der Waals surface area contributed by atoms with Crippen LogP contribution in [0.4, 0.5) is 0 Å². The fourth-order valence-electron chi connectivity index (χ4n) is 3.54. The predicted octanol–water partition coefficient (Wildman–Crippen LogP) is 4.90. The van der Waals surface area contributed by atoms with E-state index in [2.05, 4.69) is 52.5 Å². The van der Waals surface area contributed by atoms with Crippen molar-refractivity contribution in [1.29, 1.82) is 0 Å². The molecule has 0 bridgehead atoms. The highest BCUT2D eigenvalue weighted by atomic mass is 16.5. The molecule has 0 radical (unpaired) electrons. The van der Waals surface area contributed by atoms with Gasteiger partial charge in [0, 0.05) is 12.6 Å². The number of hydrogen-bond donors (Lipinski definition) is 0. The second kappa shape index (κ2) is 7.75. The minimum Gasteiger partial charge on any atom is -0.489 e. The molecule has 1 aliphatic rings. The van der Waals surface area contributed by atoms with E-state index in [4.69, 9.17) is 9.26 Å². The van der Waals surface area contributed by atoms with Gasteiger partial charge in [0.2, 0.25) is 0 Å². The molecule has 2 heterocycles. The number of ether oxygens (including phenoxy) is 1. The van der Waals surface area contributed by atoms with Crippen LogP contribution >= 0.6 is 0 Å². The quantitative estimate of drug-likeness (QED) is 0.635. The van der Waals surface area contributed by atoms with Gasteiger partial charge in [-0.2, -0.15) is 0 Å². The summed E-state index contributed by atoms with van der Waals surface area (Å²) >= 11 is 0. The Hall–Kier alpha value is -2.59. The maximum Gasteiger partial charge on any atom is 0.154 e. The minimum absolute atomic E-state index is 0.338. The van der Waals surface area contributed by atoms with Crippen molar-refractivity contribution in [2.75, 3.05) is 6.54 Å². The SMILES string of the molecule is Cc1cc([C@@H]2CCCN2Cc2ccc(OCc3ccccc3)cc2)on1. The first kappa shape index (κ1) is 16.9. The lowest BCUT2D eigenvalue weighted by molar-refractivity contribution is 0.206. The maximum absolute atomic E-state index is 5.87. The largest absolute Gasteiger partial charge is 0.489 e. The van der Waals surface area contributed by atoms with E-state index in [1.165, 1.54) is 17.5 Å². The van der Waals surface area contributed by atoms with E-state index in [0.717, 1.165) is 36.7 Å². The summed E-state index contributed by atoms with van der Waals surface area (Å²) in [6.45, 7) is 4.58. The molecular formula is C22H24N2O2. The van der Waals surface area contributed by atoms with Crippen LogP contribution in [-0.2, 0) is 13.2 Å². The Balaban J connectivity index is 1.36. The van der Waals surface area contributed by atoms with Crippen molar-refractivity contribution in [2.24, 2.45) is 0 Å². The van der Waals surface area contributed by atoms with Crippen LogP contribution in [0.1, 0.15) is 41.5 Å². The average molecular weight is 348 g/mol. The molecule has 0 saturated carbocycles. The Bertz CT molecular complexity index is 827. The third-order valence-electron chi connectivity index (χ3n) is 4.90. The number of nitrogens with zero attached hydrogens (tertiary/aromatic N) is 2. The number of likely N-dealkylation sites (tertiary alicyclic amines) is 1. The van der Waals surface area contributed by atoms with Gasteiger partial charge in [0.15, 0.2) is 5.76 Å². The number of benzene rings is 2. The first-order valence-electron chi connectivity index (χ1n) is 9.21. The zero-order valence-corrected chi connectivity index (χ0v) is 15.1. The minimum atomic E-state index is 0.338. The standard InChI is InChI=1S/C22H24N2O2/c1-17-14-22(26-23-17)21-8-5-13-24(21)15-18-9-11-20(12-10-18)25-16-19-6-3-2-4-7-19/h2-4,6-7,9-12,14,21H,5,8,13,15-16H2,1H3/t21-/m0/s1. The Morgan fingerprint density at radius 2 is 1.88 bits per heavy atom. The van der Waals surface area contributed by atoms with Gasteiger partial charge >= 0.3 is 0 Å². The molecule has 0 unspecified atom stereocenters. The molecule has 2 aromatic carbocycles. The van der Waals surface area contributed by atoms with Gasteiger partial charge in [-0.05, 0) is 49.6 Å². The topological polar surface area (TPSA) is 38.5 Å². The van der Waals surface area contributed by atoms with E-state index in [-0.39, 0.29) is 0 Å². The lowest BCUT2D eigenvalue weighted by Gasteiger charge is -2.22. The van der Waals surface area contributed by atoms with Crippen LogP contribution in [0.15, 0.2) is 65.2 Å². The Labute approximate surface area is 154 Å². The maximum atomic E-state index is 5.87. The third kappa shape index (κ3) is 3.97. The van der Waals surface area contributed by atoms with Gasteiger partial charge < -0.3 is 9.26 Å². The van der Waals surface area contributed by atoms with Gasteiger partial charge in [-0.3, -0.25) is 4.90 Å². The van der Waals surface area contributed by atoms with Gasteiger partial charge in [0.25, 0.3) is 0 Å². The molecule has 4 heteroatoms. The summed E-state index contributed by atoms with van der Waals surface area (Å²) in [5.74, 6) is 1.89. The first-order valence-corrected chi connectivity index (χ1v) is 9.21. The molecule has 134 valence electrons. The van der Waals surface area contributed by atoms with E-state index < -0.39 is 0 Å². The summed E-state index contributed by atoms with van der Waals surface area (Å²) < 4.78 is 11.4. The summed E-state index contributed by atoms with van der Waals surface area (Å²) in [5, 5.41) is 4.04. The van der Waals surface area contributed by atoms with E-state index >= 15 is 0 Å². The van der Waals surface area contributed by atoms with Crippen LogP contribution in [0.25, 0.3) is 0 Å². The molecule has 4 rings (SSSR count). The molecule has 4 nitrogen and oxygen atoms in total. The highest BCUT2D eigenvalue weighted by Gasteiger charge is 2.28. The van der Waals surface area contributed by atoms with Gasteiger partial charge in [0.1, 0.15) is 12.4 Å². The summed E-state index contributed by atoms with van der Waals surface area (Å²) in [5.41, 5.74) is 3.42. The van der Waals surface area contributed by atoms with Crippen molar-refractivity contribution in [1.82, 2.24) is 10.1 Å². The first-order chi connectivity index (χ1) is 12.8. The van der Waals surface area contributed by atoms with Crippen molar-refractivity contribution in [3.8, 4) is 5.75 Å².